The van der Waals surface area contributed by atoms with Crippen LogP contribution in [0.2, 0.25) is 0 Å². The Morgan fingerprint density at radius 3 is 2.31 bits per heavy atom. The summed E-state index contributed by atoms with van der Waals surface area (Å²) < 4.78 is 0. The number of hydrogen-bond acceptors (Lipinski definition) is 2. The fourth-order valence-corrected chi connectivity index (χ4v) is 4.71. The molecule has 3 rings (SSSR count). The van der Waals surface area contributed by atoms with Crippen LogP contribution in [0.3, 0.4) is 0 Å². The molecule has 1 heterocycles. The molecule has 0 amide bonds. The molecule has 2 heteroatoms. The van der Waals surface area contributed by atoms with Gasteiger partial charge in [-0.1, -0.05) is 20.8 Å². The minimum atomic E-state index is 0.572. The SMILES string of the molecule is CC1(C)[C@@H]2CC[C@@]1(C)[C@@H](N1CCNCC1)C2. The minimum absolute atomic E-state index is 0.572. The van der Waals surface area contributed by atoms with Gasteiger partial charge in [0.25, 0.3) is 0 Å². The minimum Gasteiger partial charge on any atom is -0.314 e. The lowest BCUT2D eigenvalue weighted by Gasteiger charge is -2.46. The molecule has 1 N–H and O–H groups in total. The summed E-state index contributed by atoms with van der Waals surface area (Å²) in [5, 5.41) is 3.47. The van der Waals surface area contributed by atoms with Crippen LogP contribution in [0, 0.1) is 16.7 Å². The predicted molar refractivity (Wildman–Crippen MR) is 67.5 cm³/mol. The van der Waals surface area contributed by atoms with Crippen molar-refractivity contribution in [1.82, 2.24) is 10.2 Å². The lowest BCUT2D eigenvalue weighted by molar-refractivity contribution is 0.0363. The quantitative estimate of drug-likeness (QED) is 0.731. The second-order valence-corrected chi connectivity index (χ2v) is 6.91. The van der Waals surface area contributed by atoms with E-state index >= 15 is 0 Å². The first kappa shape index (κ1) is 11.0. The molecule has 2 saturated carbocycles. The average Bonchev–Trinajstić information content (AvgIpc) is 2.62. The van der Waals surface area contributed by atoms with Crippen LogP contribution in [0.15, 0.2) is 0 Å². The second-order valence-electron chi connectivity index (χ2n) is 6.91. The Labute approximate surface area is 99.8 Å². The van der Waals surface area contributed by atoms with Crippen LogP contribution in [0.5, 0.6) is 0 Å². The van der Waals surface area contributed by atoms with Gasteiger partial charge in [-0.2, -0.15) is 0 Å². The molecule has 16 heavy (non-hydrogen) atoms. The normalized spacial score (nSPS) is 47.4. The van der Waals surface area contributed by atoms with Crippen LogP contribution in [0.25, 0.3) is 0 Å². The van der Waals surface area contributed by atoms with E-state index in [1.807, 2.05) is 0 Å². The number of piperazine rings is 1. The van der Waals surface area contributed by atoms with Crippen molar-refractivity contribution in [2.75, 3.05) is 26.2 Å². The summed E-state index contributed by atoms with van der Waals surface area (Å²) in [4.78, 5) is 2.78. The molecular weight excluding hydrogens is 196 g/mol. The summed E-state index contributed by atoms with van der Waals surface area (Å²) in [6.07, 6.45) is 4.40. The van der Waals surface area contributed by atoms with E-state index in [2.05, 4.69) is 31.0 Å². The van der Waals surface area contributed by atoms with Gasteiger partial charge < -0.3 is 5.32 Å². The molecule has 3 fully saturated rings. The van der Waals surface area contributed by atoms with E-state index in [1.54, 1.807) is 0 Å². The third-order valence-corrected chi connectivity index (χ3v) is 6.34. The summed E-state index contributed by atoms with van der Waals surface area (Å²) in [5.41, 5.74) is 1.15. The van der Waals surface area contributed by atoms with Crippen molar-refractivity contribution in [2.24, 2.45) is 16.7 Å². The number of fused-ring (bicyclic) bond motifs is 2. The summed E-state index contributed by atoms with van der Waals surface area (Å²) in [6.45, 7) is 12.5. The molecule has 0 aromatic rings. The fraction of sp³-hybridized carbons (Fsp3) is 1.00. The fourth-order valence-electron chi connectivity index (χ4n) is 4.71. The van der Waals surface area contributed by atoms with Crippen molar-refractivity contribution in [2.45, 2.75) is 46.1 Å². The molecule has 3 atom stereocenters. The first-order valence-corrected chi connectivity index (χ1v) is 7.00. The zero-order valence-electron chi connectivity index (χ0n) is 11.1. The monoisotopic (exact) mass is 222 g/mol. The molecule has 1 saturated heterocycles. The molecule has 0 spiro atoms. The van der Waals surface area contributed by atoms with Crippen LogP contribution in [0.4, 0.5) is 0 Å². The van der Waals surface area contributed by atoms with Gasteiger partial charge in [0.15, 0.2) is 0 Å². The van der Waals surface area contributed by atoms with Crippen molar-refractivity contribution >= 4 is 0 Å². The van der Waals surface area contributed by atoms with Gasteiger partial charge in [-0.05, 0) is 36.0 Å². The Balaban J connectivity index is 1.83. The van der Waals surface area contributed by atoms with Crippen molar-refractivity contribution in [3.05, 3.63) is 0 Å². The van der Waals surface area contributed by atoms with E-state index in [0.29, 0.717) is 10.8 Å². The van der Waals surface area contributed by atoms with Gasteiger partial charge in [0.05, 0.1) is 0 Å². The molecule has 0 radical (unpaired) electrons. The zero-order valence-corrected chi connectivity index (χ0v) is 11.1. The van der Waals surface area contributed by atoms with E-state index in [-0.39, 0.29) is 0 Å². The third kappa shape index (κ3) is 1.26. The van der Waals surface area contributed by atoms with Crippen LogP contribution < -0.4 is 5.32 Å². The standard InChI is InChI=1S/C14H26N2/c1-13(2)11-4-5-14(13,3)12(10-11)16-8-6-15-7-9-16/h11-12,15H,4-10H2,1-3H3/t11-,12+,14+/m1/s1. The van der Waals surface area contributed by atoms with Gasteiger partial charge in [0.1, 0.15) is 0 Å². The smallest absolute Gasteiger partial charge is 0.0158 e. The van der Waals surface area contributed by atoms with Gasteiger partial charge in [-0.3, -0.25) is 4.90 Å². The molecule has 92 valence electrons. The van der Waals surface area contributed by atoms with E-state index in [1.165, 1.54) is 45.4 Å². The highest BCUT2D eigenvalue weighted by Gasteiger charge is 2.62. The summed E-state index contributed by atoms with van der Waals surface area (Å²) >= 11 is 0. The molecule has 2 bridgehead atoms. The maximum Gasteiger partial charge on any atom is 0.0158 e. The Bertz CT molecular complexity index is 280. The second kappa shape index (κ2) is 3.46. The van der Waals surface area contributed by atoms with Crippen molar-refractivity contribution in [3.63, 3.8) is 0 Å². The number of nitrogens with zero attached hydrogens (tertiary/aromatic N) is 1. The highest BCUT2D eigenvalue weighted by molar-refractivity contribution is 5.13. The highest BCUT2D eigenvalue weighted by atomic mass is 15.2. The molecule has 0 aromatic heterocycles. The van der Waals surface area contributed by atoms with Crippen molar-refractivity contribution in [3.8, 4) is 0 Å². The van der Waals surface area contributed by atoms with E-state index in [4.69, 9.17) is 0 Å². The molecular formula is C14H26N2. The van der Waals surface area contributed by atoms with Crippen LogP contribution in [0.1, 0.15) is 40.0 Å². The largest absolute Gasteiger partial charge is 0.314 e. The summed E-state index contributed by atoms with van der Waals surface area (Å²) in [5.74, 6) is 0.984. The third-order valence-electron chi connectivity index (χ3n) is 6.34. The lowest BCUT2D eigenvalue weighted by atomic mass is 9.68. The van der Waals surface area contributed by atoms with Crippen LogP contribution in [-0.2, 0) is 0 Å². The molecule has 1 aliphatic heterocycles. The summed E-state index contributed by atoms with van der Waals surface area (Å²) in [6, 6.07) is 0.864. The van der Waals surface area contributed by atoms with Crippen LogP contribution >= 0.6 is 0 Å². The Morgan fingerprint density at radius 2 is 1.81 bits per heavy atom. The van der Waals surface area contributed by atoms with Gasteiger partial charge in [0.2, 0.25) is 0 Å². The predicted octanol–water partition coefficient (Wildman–Crippen LogP) is 2.11. The summed E-state index contributed by atoms with van der Waals surface area (Å²) in [7, 11) is 0. The van der Waals surface area contributed by atoms with Gasteiger partial charge in [0, 0.05) is 32.2 Å². The first-order valence-electron chi connectivity index (χ1n) is 7.00. The van der Waals surface area contributed by atoms with Crippen molar-refractivity contribution in [1.29, 1.82) is 0 Å². The Morgan fingerprint density at radius 1 is 1.12 bits per heavy atom. The van der Waals surface area contributed by atoms with E-state index in [0.717, 1.165) is 12.0 Å². The first-order chi connectivity index (χ1) is 7.56. The van der Waals surface area contributed by atoms with Gasteiger partial charge in [-0.15, -0.1) is 0 Å². The zero-order chi connectivity index (χ0) is 11.4. The average molecular weight is 222 g/mol. The molecule has 2 nitrogen and oxygen atoms in total. The van der Waals surface area contributed by atoms with E-state index in [9.17, 15) is 0 Å². The number of rotatable bonds is 1. The molecule has 2 aliphatic carbocycles. The maximum absolute atomic E-state index is 3.47. The van der Waals surface area contributed by atoms with Gasteiger partial charge in [-0.25, -0.2) is 0 Å². The number of nitrogens with one attached hydrogen (secondary N) is 1. The molecule has 0 unspecified atom stereocenters. The topological polar surface area (TPSA) is 15.3 Å². The number of hydrogen-bond donors (Lipinski definition) is 1. The van der Waals surface area contributed by atoms with E-state index < -0.39 is 0 Å². The lowest BCUT2D eigenvalue weighted by Crippen LogP contribution is -2.54. The van der Waals surface area contributed by atoms with Crippen LogP contribution in [-0.4, -0.2) is 37.1 Å². The molecule has 0 aromatic carbocycles. The highest BCUT2D eigenvalue weighted by Crippen LogP contribution is 2.66. The molecule has 3 aliphatic rings. The maximum atomic E-state index is 3.47. The Hall–Kier alpha value is -0.0800. The Kier molecular flexibility index (Phi) is 2.38. The van der Waals surface area contributed by atoms with Crippen molar-refractivity contribution < 1.29 is 0 Å². The van der Waals surface area contributed by atoms with Gasteiger partial charge >= 0.3 is 0 Å².